The van der Waals surface area contributed by atoms with Crippen molar-refractivity contribution in [3.8, 4) is 33.6 Å². The Bertz CT molecular complexity index is 2560. The van der Waals surface area contributed by atoms with E-state index in [-0.39, 0.29) is 31.2 Å². The van der Waals surface area contributed by atoms with E-state index in [1.807, 2.05) is 91.1 Å². The third-order valence-electron chi connectivity index (χ3n) is 10.9. The standard InChI is InChI=1S/C46H40F2N6O4/c47-46(48)24-41(54(29-46)45(56)58-28-31-10-5-2-6-11-31)43-50-25-38(51-43)33-15-13-32(14-16-33)34-17-18-36-23-37(20-19-35(36)22-34)39-26-49-42(52-39)40-12-7-21-53(40)44(55)57-27-30-8-3-1-4-9-30/h1-6,8-11,13-20,22-23,25-26,40-41H,7,12,21,24,27-29H2,(H,49,52)(H,50,51). The Balaban J connectivity index is 0.855. The van der Waals surface area contributed by atoms with Crippen molar-refractivity contribution in [3.05, 3.63) is 156 Å². The molecule has 2 N–H and O–H groups in total. The van der Waals surface area contributed by atoms with Crippen LogP contribution in [0.15, 0.2) is 134 Å². The Morgan fingerprint density at radius 3 is 1.79 bits per heavy atom. The fourth-order valence-electron chi connectivity index (χ4n) is 7.87. The lowest BCUT2D eigenvalue weighted by Gasteiger charge is -2.22. The van der Waals surface area contributed by atoms with Gasteiger partial charge in [0.1, 0.15) is 24.9 Å². The van der Waals surface area contributed by atoms with Gasteiger partial charge in [-0.2, -0.15) is 0 Å². The van der Waals surface area contributed by atoms with Gasteiger partial charge in [0.15, 0.2) is 0 Å². The van der Waals surface area contributed by atoms with E-state index in [9.17, 15) is 18.4 Å². The van der Waals surface area contributed by atoms with Crippen LogP contribution in [0.25, 0.3) is 44.4 Å². The van der Waals surface area contributed by atoms with Crippen molar-refractivity contribution in [1.29, 1.82) is 0 Å². The fourth-order valence-corrected chi connectivity index (χ4v) is 7.87. The molecule has 7 aromatic rings. The first-order valence-electron chi connectivity index (χ1n) is 19.3. The van der Waals surface area contributed by atoms with E-state index in [4.69, 9.17) is 9.47 Å². The lowest BCUT2D eigenvalue weighted by atomic mass is 9.98. The van der Waals surface area contributed by atoms with Crippen molar-refractivity contribution < 1.29 is 27.8 Å². The Morgan fingerprint density at radius 1 is 0.638 bits per heavy atom. The van der Waals surface area contributed by atoms with Gasteiger partial charge < -0.3 is 19.4 Å². The molecule has 2 aliphatic rings. The van der Waals surface area contributed by atoms with E-state index in [1.165, 1.54) is 0 Å². The highest BCUT2D eigenvalue weighted by Crippen LogP contribution is 2.41. The van der Waals surface area contributed by atoms with Gasteiger partial charge in [0.05, 0.1) is 42.4 Å². The summed E-state index contributed by atoms with van der Waals surface area (Å²) in [6, 6.07) is 38.2. The molecule has 9 rings (SSSR count). The van der Waals surface area contributed by atoms with Crippen LogP contribution < -0.4 is 0 Å². The first kappa shape index (κ1) is 36.8. The number of ether oxygens (including phenoxy) is 2. The summed E-state index contributed by atoms with van der Waals surface area (Å²) < 4.78 is 40.3. The number of likely N-dealkylation sites (tertiary alicyclic amines) is 2. The zero-order chi connectivity index (χ0) is 39.6. The Morgan fingerprint density at radius 2 is 1.16 bits per heavy atom. The Kier molecular flexibility index (Phi) is 9.90. The second-order valence-electron chi connectivity index (χ2n) is 14.9. The molecule has 292 valence electrons. The number of imidazole rings is 2. The highest BCUT2D eigenvalue weighted by Gasteiger charge is 2.49. The number of benzene rings is 5. The molecule has 2 unspecified atom stereocenters. The molecule has 2 fully saturated rings. The van der Waals surface area contributed by atoms with E-state index in [2.05, 4.69) is 56.3 Å². The minimum atomic E-state index is -3.06. The molecule has 2 amide bonds. The number of aromatic amines is 2. The van der Waals surface area contributed by atoms with Crippen molar-refractivity contribution >= 4 is 23.0 Å². The van der Waals surface area contributed by atoms with Crippen molar-refractivity contribution in [1.82, 2.24) is 29.7 Å². The summed E-state index contributed by atoms with van der Waals surface area (Å²) in [5.41, 5.74) is 7.13. The van der Waals surface area contributed by atoms with E-state index in [0.29, 0.717) is 12.2 Å². The van der Waals surface area contributed by atoms with Crippen LogP contribution in [-0.4, -0.2) is 60.9 Å². The number of nitrogens with one attached hydrogen (secondary N) is 2. The molecule has 58 heavy (non-hydrogen) atoms. The maximum Gasteiger partial charge on any atom is 0.410 e. The SMILES string of the molecule is O=C(OCc1ccccc1)N1CCCC1c1ncc(-c2ccc3cc(-c4ccc(-c5cnc(C6CC(F)(F)CN6C(=O)OCc6ccccc6)[nH]5)cc4)ccc3c2)[nH]1. The van der Waals surface area contributed by atoms with Crippen LogP contribution in [-0.2, 0) is 22.7 Å². The summed E-state index contributed by atoms with van der Waals surface area (Å²) in [6.45, 7) is 0.111. The van der Waals surface area contributed by atoms with Crippen LogP contribution in [0.3, 0.4) is 0 Å². The van der Waals surface area contributed by atoms with Gasteiger partial charge in [0.2, 0.25) is 0 Å². The number of amides is 2. The smallest absolute Gasteiger partial charge is 0.410 e. The Labute approximate surface area is 333 Å². The monoisotopic (exact) mass is 778 g/mol. The molecule has 0 spiro atoms. The normalized spacial score (nSPS) is 17.5. The first-order chi connectivity index (χ1) is 28.3. The van der Waals surface area contributed by atoms with Crippen molar-refractivity contribution in [2.75, 3.05) is 13.1 Å². The van der Waals surface area contributed by atoms with Gasteiger partial charge in [-0.1, -0.05) is 109 Å². The van der Waals surface area contributed by atoms with E-state index in [1.54, 1.807) is 11.1 Å². The predicted molar refractivity (Wildman–Crippen MR) is 215 cm³/mol. The van der Waals surface area contributed by atoms with Crippen LogP contribution in [0, 0.1) is 0 Å². The van der Waals surface area contributed by atoms with E-state index >= 15 is 0 Å². The van der Waals surface area contributed by atoms with Crippen LogP contribution in [0.5, 0.6) is 0 Å². The number of fused-ring (bicyclic) bond motifs is 1. The molecule has 12 heteroatoms. The molecular weight excluding hydrogens is 739 g/mol. The molecule has 0 aliphatic carbocycles. The van der Waals surface area contributed by atoms with Crippen LogP contribution in [0.1, 0.15) is 54.1 Å². The van der Waals surface area contributed by atoms with Gasteiger partial charge in [0.25, 0.3) is 5.92 Å². The molecule has 2 atom stereocenters. The molecule has 2 saturated heterocycles. The van der Waals surface area contributed by atoms with Gasteiger partial charge in [-0.15, -0.1) is 0 Å². The highest BCUT2D eigenvalue weighted by atomic mass is 19.3. The third kappa shape index (κ3) is 7.77. The largest absolute Gasteiger partial charge is 0.445 e. The van der Waals surface area contributed by atoms with Crippen molar-refractivity contribution in [3.63, 3.8) is 0 Å². The molecule has 2 aromatic heterocycles. The molecule has 4 heterocycles. The number of nitrogens with zero attached hydrogens (tertiary/aromatic N) is 4. The molecule has 2 aliphatic heterocycles. The minimum Gasteiger partial charge on any atom is -0.445 e. The summed E-state index contributed by atoms with van der Waals surface area (Å²) in [6.07, 6.45) is 3.44. The second-order valence-corrected chi connectivity index (χ2v) is 14.9. The molecular formula is C46H40F2N6O4. The molecule has 10 nitrogen and oxygen atoms in total. The van der Waals surface area contributed by atoms with Crippen LogP contribution in [0.4, 0.5) is 18.4 Å². The quantitative estimate of drug-likeness (QED) is 0.151. The summed E-state index contributed by atoms with van der Waals surface area (Å²) in [4.78, 5) is 44.5. The van der Waals surface area contributed by atoms with Crippen molar-refractivity contribution in [2.45, 2.75) is 50.5 Å². The maximum atomic E-state index is 14.6. The number of alkyl halides is 2. The highest BCUT2D eigenvalue weighted by molar-refractivity contribution is 5.90. The van der Waals surface area contributed by atoms with E-state index < -0.39 is 31.0 Å². The fraction of sp³-hybridized carbons (Fsp3) is 0.217. The summed E-state index contributed by atoms with van der Waals surface area (Å²) in [5.74, 6) is -2.03. The number of carbonyl (C=O) groups excluding carboxylic acids is 2. The lowest BCUT2D eigenvalue weighted by Crippen LogP contribution is -2.33. The van der Waals surface area contributed by atoms with Gasteiger partial charge in [-0.3, -0.25) is 9.80 Å². The molecule has 0 bridgehead atoms. The molecule has 0 saturated carbocycles. The zero-order valence-electron chi connectivity index (χ0n) is 31.5. The zero-order valence-corrected chi connectivity index (χ0v) is 31.5. The number of hydrogen-bond donors (Lipinski definition) is 2. The van der Waals surface area contributed by atoms with Crippen LogP contribution in [0.2, 0.25) is 0 Å². The lowest BCUT2D eigenvalue weighted by molar-refractivity contribution is 0.0101. The minimum absolute atomic E-state index is 0.00780. The average molecular weight is 779 g/mol. The number of rotatable bonds is 9. The van der Waals surface area contributed by atoms with E-state index in [0.717, 1.165) is 73.4 Å². The van der Waals surface area contributed by atoms with Gasteiger partial charge >= 0.3 is 12.2 Å². The topological polar surface area (TPSA) is 116 Å². The second kappa shape index (κ2) is 15.6. The number of H-pyrrole nitrogens is 2. The van der Waals surface area contributed by atoms with Gasteiger partial charge in [-0.25, -0.2) is 28.3 Å². The number of halogens is 2. The summed E-state index contributed by atoms with van der Waals surface area (Å²) >= 11 is 0. The summed E-state index contributed by atoms with van der Waals surface area (Å²) in [5, 5.41) is 2.15. The maximum absolute atomic E-state index is 14.6. The van der Waals surface area contributed by atoms with Gasteiger partial charge in [-0.05, 0) is 63.6 Å². The molecule has 5 aromatic carbocycles. The van der Waals surface area contributed by atoms with Crippen molar-refractivity contribution in [2.24, 2.45) is 0 Å². The average Bonchev–Trinajstić information content (AvgIpc) is 4.09. The predicted octanol–water partition coefficient (Wildman–Crippen LogP) is 10.5. The Hall–Kier alpha value is -6.82. The van der Waals surface area contributed by atoms with Crippen LogP contribution >= 0.6 is 0 Å². The third-order valence-corrected chi connectivity index (χ3v) is 10.9. The first-order valence-corrected chi connectivity index (χ1v) is 19.3. The molecule has 0 radical (unpaired) electrons. The number of aromatic nitrogens is 4. The van der Waals surface area contributed by atoms with Gasteiger partial charge in [0, 0.05) is 18.5 Å². The number of hydrogen-bond acceptors (Lipinski definition) is 6. The summed E-state index contributed by atoms with van der Waals surface area (Å²) in [7, 11) is 0. The number of carbonyl (C=O) groups is 2.